The van der Waals surface area contributed by atoms with Gasteiger partial charge in [-0.05, 0) is 49.6 Å². The largest absolute Gasteiger partial charge is 0.464 e. The van der Waals surface area contributed by atoms with Crippen molar-refractivity contribution in [1.29, 1.82) is 0 Å². The van der Waals surface area contributed by atoms with Crippen molar-refractivity contribution >= 4 is 23.6 Å². The highest BCUT2D eigenvalue weighted by Crippen LogP contribution is 2.29. The number of aryl methyl sites for hydroxylation is 2. The average Bonchev–Trinajstić information content (AvgIpc) is 3.21. The first-order valence-electron chi connectivity index (χ1n) is 9.79. The van der Waals surface area contributed by atoms with Gasteiger partial charge in [-0.2, -0.15) is 0 Å². The number of hydrogen-bond acceptors (Lipinski definition) is 5. The van der Waals surface area contributed by atoms with Crippen LogP contribution in [0.5, 0.6) is 0 Å². The molecule has 30 heavy (non-hydrogen) atoms. The van der Waals surface area contributed by atoms with Crippen LogP contribution in [0.4, 0.5) is 0 Å². The monoisotopic (exact) mass is 423 g/mol. The van der Waals surface area contributed by atoms with Crippen molar-refractivity contribution in [1.82, 2.24) is 5.32 Å². The summed E-state index contributed by atoms with van der Waals surface area (Å²) in [6.45, 7) is 6.12. The molecule has 156 valence electrons. The minimum Gasteiger partial charge on any atom is -0.464 e. The molecule has 0 aliphatic carbocycles. The fourth-order valence-corrected chi connectivity index (χ4v) is 4.13. The number of rotatable bonds is 8. The first-order valence-corrected chi connectivity index (χ1v) is 10.8. The molecule has 0 spiro atoms. The van der Waals surface area contributed by atoms with Gasteiger partial charge in [0.1, 0.15) is 5.76 Å². The Balaban J connectivity index is 1.69. The van der Waals surface area contributed by atoms with Crippen LogP contribution in [0.15, 0.2) is 70.0 Å². The van der Waals surface area contributed by atoms with Crippen molar-refractivity contribution in [3.05, 3.63) is 88.9 Å². The number of esters is 1. The lowest BCUT2D eigenvalue weighted by atomic mass is 10.1. The molecule has 0 radical (unpaired) electrons. The molecule has 0 unspecified atom stereocenters. The normalized spacial score (nSPS) is 11.7. The van der Waals surface area contributed by atoms with E-state index in [1.165, 1.54) is 16.0 Å². The minimum absolute atomic E-state index is 0.164. The van der Waals surface area contributed by atoms with E-state index >= 15 is 0 Å². The number of thioether (sulfide) groups is 1. The van der Waals surface area contributed by atoms with E-state index in [9.17, 15) is 9.59 Å². The van der Waals surface area contributed by atoms with E-state index in [2.05, 4.69) is 31.3 Å². The van der Waals surface area contributed by atoms with Crippen molar-refractivity contribution in [2.45, 2.75) is 37.5 Å². The van der Waals surface area contributed by atoms with Crippen LogP contribution in [-0.4, -0.2) is 18.5 Å². The van der Waals surface area contributed by atoms with Gasteiger partial charge in [-0.15, -0.1) is 11.8 Å². The van der Waals surface area contributed by atoms with Gasteiger partial charge < -0.3 is 14.5 Å². The fourth-order valence-electron chi connectivity index (χ4n) is 3.10. The third kappa shape index (κ3) is 5.33. The Hall–Kier alpha value is -2.99. The van der Waals surface area contributed by atoms with Crippen molar-refractivity contribution in [2.24, 2.45) is 0 Å². The molecule has 0 aliphatic heterocycles. The third-order valence-corrected chi connectivity index (χ3v) is 5.95. The van der Waals surface area contributed by atoms with Crippen molar-refractivity contribution in [2.75, 3.05) is 6.61 Å². The first kappa shape index (κ1) is 21.7. The summed E-state index contributed by atoms with van der Waals surface area (Å²) < 4.78 is 10.9. The van der Waals surface area contributed by atoms with Crippen LogP contribution < -0.4 is 5.32 Å². The lowest BCUT2D eigenvalue weighted by Crippen LogP contribution is -2.34. The topological polar surface area (TPSA) is 68.5 Å². The molecule has 6 heteroatoms. The molecule has 2 aromatic carbocycles. The van der Waals surface area contributed by atoms with Crippen LogP contribution in [0.2, 0.25) is 0 Å². The number of carbonyl (C=O) groups excluding carboxylic acids is 2. The average molecular weight is 424 g/mol. The molecule has 0 saturated heterocycles. The number of ether oxygens (including phenoxy) is 1. The van der Waals surface area contributed by atoms with Gasteiger partial charge in [0, 0.05) is 4.90 Å². The summed E-state index contributed by atoms with van der Waals surface area (Å²) in [5.41, 5.74) is 3.08. The molecule has 1 heterocycles. The van der Waals surface area contributed by atoms with Gasteiger partial charge in [0.15, 0.2) is 11.8 Å². The zero-order chi connectivity index (χ0) is 21.5. The van der Waals surface area contributed by atoms with Gasteiger partial charge in [-0.25, -0.2) is 4.79 Å². The molecule has 5 nitrogen and oxygen atoms in total. The summed E-state index contributed by atoms with van der Waals surface area (Å²) in [4.78, 5) is 26.3. The number of furan rings is 1. The van der Waals surface area contributed by atoms with Gasteiger partial charge in [-0.1, -0.05) is 48.5 Å². The van der Waals surface area contributed by atoms with Gasteiger partial charge in [0.2, 0.25) is 0 Å². The number of benzene rings is 2. The second kappa shape index (κ2) is 10.2. The number of carbonyl (C=O) groups is 2. The van der Waals surface area contributed by atoms with E-state index < -0.39 is 17.9 Å². The Kier molecular flexibility index (Phi) is 7.36. The molecule has 1 N–H and O–H groups in total. The van der Waals surface area contributed by atoms with Crippen LogP contribution in [0.25, 0.3) is 0 Å². The summed E-state index contributed by atoms with van der Waals surface area (Å²) in [7, 11) is 0. The van der Waals surface area contributed by atoms with Crippen molar-refractivity contribution in [3.63, 3.8) is 0 Å². The quantitative estimate of drug-likeness (QED) is 0.397. The highest BCUT2D eigenvalue weighted by molar-refractivity contribution is 7.98. The van der Waals surface area contributed by atoms with Crippen molar-refractivity contribution in [3.8, 4) is 0 Å². The summed E-state index contributed by atoms with van der Waals surface area (Å²) in [5.74, 6) is 0.506. The van der Waals surface area contributed by atoms with Crippen LogP contribution >= 0.6 is 11.8 Å². The smallest absolute Gasteiger partial charge is 0.333 e. The highest BCUT2D eigenvalue weighted by Gasteiger charge is 2.25. The number of amides is 1. The maximum atomic E-state index is 12.7. The van der Waals surface area contributed by atoms with Gasteiger partial charge >= 0.3 is 5.97 Å². The van der Waals surface area contributed by atoms with E-state index in [0.717, 1.165) is 0 Å². The molecule has 3 rings (SSSR count). The first-order chi connectivity index (χ1) is 14.5. The molecular weight excluding hydrogens is 398 g/mol. The fraction of sp³-hybridized carbons (Fsp3) is 0.250. The Bertz CT molecular complexity index is 993. The lowest BCUT2D eigenvalue weighted by Gasteiger charge is -2.17. The Morgan fingerprint density at radius 3 is 2.37 bits per heavy atom. The summed E-state index contributed by atoms with van der Waals surface area (Å²) in [6, 6.07) is 17.7. The van der Waals surface area contributed by atoms with Crippen LogP contribution in [-0.2, 0) is 15.3 Å². The lowest BCUT2D eigenvalue weighted by molar-refractivity contribution is -0.145. The zero-order valence-corrected chi connectivity index (χ0v) is 18.1. The van der Waals surface area contributed by atoms with E-state index in [0.29, 0.717) is 17.1 Å². The SMILES string of the molecule is CCOC(=O)[C@@H](NC(=O)c1ccc(CSc2c(C)cccc2C)o1)c1ccccc1. The van der Waals surface area contributed by atoms with E-state index in [1.54, 1.807) is 43.0 Å². The number of hydrogen-bond donors (Lipinski definition) is 1. The second-order valence-electron chi connectivity index (χ2n) is 6.84. The van der Waals surface area contributed by atoms with Crippen LogP contribution in [0.1, 0.15) is 46.0 Å². The van der Waals surface area contributed by atoms with E-state index in [-0.39, 0.29) is 12.4 Å². The standard InChI is InChI=1S/C24H25NO4S/c1-4-28-24(27)21(18-11-6-5-7-12-18)25-23(26)20-14-13-19(29-20)15-30-22-16(2)9-8-10-17(22)3/h5-14,21H,4,15H2,1-3H3,(H,25,26)/t21-/m0/s1. The van der Waals surface area contributed by atoms with Gasteiger partial charge in [-0.3, -0.25) is 4.79 Å². The molecule has 3 aromatic rings. The minimum atomic E-state index is -0.892. The zero-order valence-electron chi connectivity index (χ0n) is 17.3. The molecule has 1 atom stereocenters. The van der Waals surface area contributed by atoms with E-state index in [4.69, 9.17) is 9.15 Å². The maximum absolute atomic E-state index is 12.7. The van der Waals surface area contributed by atoms with Crippen LogP contribution in [0, 0.1) is 13.8 Å². The molecule has 0 fully saturated rings. The van der Waals surface area contributed by atoms with Crippen LogP contribution in [0.3, 0.4) is 0 Å². The summed E-state index contributed by atoms with van der Waals surface area (Å²) in [5, 5.41) is 2.73. The summed E-state index contributed by atoms with van der Waals surface area (Å²) >= 11 is 1.67. The maximum Gasteiger partial charge on any atom is 0.333 e. The molecule has 0 saturated carbocycles. The molecule has 1 amide bonds. The molecule has 0 aliphatic rings. The predicted octanol–water partition coefficient (Wildman–Crippen LogP) is 5.22. The highest BCUT2D eigenvalue weighted by atomic mass is 32.2. The van der Waals surface area contributed by atoms with Gasteiger partial charge in [0.25, 0.3) is 5.91 Å². The Labute approximate surface area is 180 Å². The second-order valence-corrected chi connectivity index (χ2v) is 7.83. The molecule has 0 bridgehead atoms. The van der Waals surface area contributed by atoms with E-state index in [1.807, 2.05) is 24.3 Å². The predicted molar refractivity (Wildman–Crippen MR) is 117 cm³/mol. The molecule has 1 aromatic heterocycles. The molecular formula is C24H25NO4S. The number of nitrogens with one attached hydrogen (secondary N) is 1. The van der Waals surface area contributed by atoms with Gasteiger partial charge in [0.05, 0.1) is 12.4 Å². The van der Waals surface area contributed by atoms with Crippen molar-refractivity contribution < 1.29 is 18.7 Å². The third-order valence-electron chi connectivity index (χ3n) is 4.58. The Morgan fingerprint density at radius 2 is 1.70 bits per heavy atom. The summed E-state index contributed by atoms with van der Waals surface area (Å²) in [6.07, 6.45) is 0. The Morgan fingerprint density at radius 1 is 1.00 bits per heavy atom.